The molecule has 0 bridgehead atoms. The second kappa shape index (κ2) is 8.57. The Balaban J connectivity index is 1.93. The average molecular weight is 364 g/mol. The van der Waals surface area contributed by atoms with Crippen LogP contribution in [0.3, 0.4) is 0 Å². The molecule has 0 aliphatic heterocycles. The summed E-state index contributed by atoms with van der Waals surface area (Å²) in [5, 5.41) is 2.55. The number of amides is 1. The lowest BCUT2D eigenvalue weighted by atomic mass is 9.99. The minimum absolute atomic E-state index is 0.0964. The van der Waals surface area contributed by atoms with Crippen LogP contribution in [-0.2, 0) is 19.1 Å². The zero-order valence-electron chi connectivity index (χ0n) is 14.3. The molecule has 7 nitrogen and oxygen atoms in total. The Labute approximate surface area is 149 Å². The molecule has 0 spiro atoms. The lowest BCUT2D eigenvalue weighted by molar-refractivity contribution is -0.147. The average Bonchev–Trinajstić information content (AvgIpc) is 3.10. The monoisotopic (exact) mass is 364 g/mol. The number of methoxy groups -OCH3 is 1. The van der Waals surface area contributed by atoms with Gasteiger partial charge < -0.3 is 14.8 Å². The van der Waals surface area contributed by atoms with E-state index in [4.69, 9.17) is 9.47 Å². The molecule has 1 heterocycles. The second-order valence-electron chi connectivity index (χ2n) is 5.56. The van der Waals surface area contributed by atoms with Gasteiger partial charge in [-0.3, -0.25) is 4.79 Å². The molecule has 1 amide bonds. The summed E-state index contributed by atoms with van der Waals surface area (Å²) in [6, 6.07) is 4.22. The minimum Gasteiger partial charge on any atom is -0.467 e. The molecule has 0 saturated heterocycles. The topological polar surface area (TPSA) is 94.6 Å². The van der Waals surface area contributed by atoms with Crippen LogP contribution in [0.4, 0.5) is 0 Å². The number of fused-ring (bicyclic) bond motifs is 1. The number of carbonyl (C=O) groups is 3. The maximum atomic E-state index is 12.1. The van der Waals surface area contributed by atoms with E-state index < -0.39 is 30.5 Å². The molecule has 2 rings (SSSR count). The Bertz CT molecular complexity index is 773. The lowest BCUT2D eigenvalue weighted by Crippen LogP contribution is -2.47. The molecular weight excluding hydrogens is 344 g/mol. The third-order valence-corrected chi connectivity index (χ3v) is 4.68. The van der Waals surface area contributed by atoms with Gasteiger partial charge >= 0.3 is 11.9 Å². The molecule has 25 heavy (non-hydrogen) atoms. The van der Waals surface area contributed by atoms with Gasteiger partial charge in [-0.1, -0.05) is 20.3 Å². The Kier molecular flexibility index (Phi) is 6.46. The molecule has 0 saturated carbocycles. The molecule has 2 aromatic rings. The third kappa shape index (κ3) is 4.76. The van der Waals surface area contributed by atoms with Crippen molar-refractivity contribution in [1.82, 2.24) is 10.3 Å². The van der Waals surface area contributed by atoms with Crippen LogP contribution in [0.5, 0.6) is 0 Å². The van der Waals surface area contributed by atoms with Gasteiger partial charge in [-0.05, 0) is 24.1 Å². The van der Waals surface area contributed by atoms with Gasteiger partial charge in [0.2, 0.25) is 0 Å². The zero-order valence-corrected chi connectivity index (χ0v) is 15.1. The van der Waals surface area contributed by atoms with Gasteiger partial charge in [-0.15, -0.1) is 11.3 Å². The first-order valence-corrected chi connectivity index (χ1v) is 8.71. The molecule has 8 heteroatoms. The van der Waals surface area contributed by atoms with Crippen molar-refractivity contribution >= 4 is 39.4 Å². The van der Waals surface area contributed by atoms with Crippen molar-refractivity contribution in [2.24, 2.45) is 5.92 Å². The molecule has 0 radical (unpaired) electrons. The highest BCUT2D eigenvalue weighted by atomic mass is 32.1. The van der Waals surface area contributed by atoms with Crippen molar-refractivity contribution in [2.45, 2.75) is 26.3 Å². The summed E-state index contributed by atoms with van der Waals surface area (Å²) in [5.41, 5.74) is 2.83. The standard InChI is InChI=1S/C17H20N2O5S/c1-4-10(2)15(17(22)23-3)19-14(20)8-24-16(21)11-5-6-12-13(7-11)25-9-18-12/h5-7,9-10,15H,4,8H2,1-3H3,(H,19,20)/t10-,15-/m0/s1. The van der Waals surface area contributed by atoms with E-state index in [-0.39, 0.29) is 5.92 Å². The van der Waals surface area contributed by atoms with Crippen LogP contribution in [0.1, 0.15) is 30.6 Å². The molecule has 2 atom stereocenters. The molecule has 1 aromatic heterocycles. The van der Waals surface area contributed by atoms with Gasteiger partial charge in [-0.2, -0.15) is 0 Å². The molecule has 0 aliphatic rings. The van der Waals surface area contributed by atoms with Crippen molar-refractivity contribution in [3.8, 4) is 0 Å². The van der Waals surface area contributed by atoms with E-state index in [1.807, 2.05) is 13.8 Å². The number of rotatable bonds is 7. The maximum Gasteiger partial charge on any atom is 0.338 e. The van der Waals surface area contributed by atoms with Gasteiger partial charge in [0.15, 0.2) is 6.61 Å². The molecule has 0 fully saturated rings. The lowest BCUT2D eigenvalue weighted by Gasteiger charge is -2.21. The molecule has 134 valence electrons. The Morgan fingerprint density at radius 3 is 2.76 bits per heavy atom. The van der Waals surface area contributed by atoms with E-state index in [0.717, 1.165) is 10.2 Å². The van der Waals surface area contributed by atoms with Crippen LogP contribution in [0.25, 0.3) is 10.2 Å². The number of nitrogens with zero attached hydrogens (tertiary/aromatic N) is 1. The van der Waals surface area contributed by atoms with E-state index >= 15 is 0 Å². The normalized spacial score (nSPS) is 13.1. The third-order valence-electron chi connectivity index (χ3n) is 3.89. The number of thiazole rings is 1. The highest BCUT2D eigenvalue weighted by molar-refractivity contribution is 7.16. The summed E-state index contributed by atoms with van der Waals surface area (Å²) >= 11 is 1.41. The SMILES string of the molecule is CC[C@H](C)[C@H](NC(=O)COC(=O)c1ccc2ncsc2c1)C(=O)OC. The fourth-order valence-corrected chi connectivity index (χ4v) is 2.92. The van der Waals surface area contributed by atoms with E-state index in [9.17, 15) is 14.4 Å². The Hall–Kier alpha value is -2.48. The van der Waals surface area contributed by atoms with Crippen LogP contribution in [0.15, 0.2) is 23.7 Å². The largest absolute Gasteiger partial charge is 0.467 e. The van der Waals surface area contributed by atoms with E-state index in [0.29, 0.717) is 12.0 Å². The number of esters is 2. The maximum absolute atomic E-state index is 12.1. The molecule has 0 aliphatic carbocycles. The summed E-state index contributed by atoms with van der Waals surface area (Å²) in [6.45, 7) is 3.27. The fourth-order valence-electron chi connectivity index (χ4n) is 2.21. The summed E-state index contributed by atoms with van der Waals surface area (Å²) in [4.78, 5) is 40.0. The predicted octanol–water partition coefficient (Wildman–Crippen LogP) is 2.16. The Morgan fingerprint density at radius 1 is 1.32 bits per heavy atom. The molecular formula is C17H20N2O5S. The predicted molar refractivity (Wildman–Crippen MR) is 93.3 cm³/mol. The number of hydrogen-bond acceptors (Lipinski definition) is 7. The fraction of sp³-hybridized carbons (Fsp3) is 0.412. The van der Waals surface area contributed by atoms with Crippen LogP contribution < -0.4 is 5.32 Å². The number of carbonyl (C=O) groups excluding carboxylic acids is 3. The number of aromatic nitrogens is 1. The Morgan fingerprint density at radius 2 is 2.08 bits per heavy atom. The van der Waals surface area contributed by atoms with Gasteiger partial charge in [0, 0.05) is 0 Å². The van der Waals surface area contributed by atoms with Crippen LogP contribution in [0, 0.1) is 5.92 Å². The van der Waals surface area contributed by atoms with E-state index in [1.165, 1.54) is 18.4 Å². The first-order chi connectivity index (χ1) is 12.0. The van der Waals surface area contributed by atoms with Crippen LogP contribution in [-0.4, -0.2) is 42.6 Å². The molecule has 1 N–H and O–H groups in total. The van der Waals surface area contributed by atoms with Gasteiger partial charge in [0.25, 0.3) is 5.91 Å². The van der Waals surface area contributed by atoms with Crippen molar-refractivity contribution in [3.05, 3.63) is 29.3 Å². The minimum atomic E-state index is -0.769. The van der Waals surface area contributed by atoms with Gasteiger partial charge in [0.05, 0.1) is 28.4 Å². The van der Waals surface area contributed by atoms with Gasteiger partial charge in [0.1, 0.15) is 6.04 Å². The van der Waals surface area contributed by atoms with Crippen molar-refractivity contribution in [1.29, 1.82) is 0 Å². The molecule has 1 aromatic carbocycles. The second-order valence-corrected chi connectivity index (χ2v) is 6.45. The summed E-state index contributed by atoms with van der Waals surface area (Å²) in [6.07, 6.45) is 0.689. The number of ether oxygens (including phenoxy) is 2. The first kappa shape index (κ1) is 18.9. The van der Waals surface area contributed by atoms with Crippen molar-refractivity contribution in [3.63, 3.8) is 0 Å². The van der Waals surface area contributed by atoms with Crippen molar-refractivity contribution < 1.29 is 23.9 Å². The van der Waals surface area contributed by atoms with Crippen LogP contribution in [0.2, 0.25) is 0 Å². The summed E-state index contributed by atoms with van der Waals surface area (Å²) < 4.78 is 10.6. The highest BCUT2D eigenvalue weighted by Crippen LogP contribution is 2.19. The van der Waals surface area contributed by atoms with Crippen LogP contribution >= 0.6 is 11.3 Å². The number of hydrogen-bond donors (Lipinski definition) is 1. The highest BCUT2D eigenvalue weighted by Gasteiger charge is 2.27. The number of nitrogens with one attached hydrogen (secondary N) is 1. The van der Waals surface area contributed by atoms with E-state index in [1.54, 1.807) is 23.7 Å². The van der Waals surface area contributed by atoms with Gasteiger partial charge in [-0.25, -0.2) is 14.6 Å². The molecule has 0 unspecified atom stereocenters. The number of benzene rings is 1. The smallest absolute Gasteiger partial charge is 0.338 e. The summed E-state index contributed by atoms with van der Waals surface area (Å²) in [7, 11) is 1.26. The zero-order chi connectivity index (χ0) is 18.4. The first-order valence-electron chi connectivity index (χ1n) is 7.83. The van der Waals surface area contributed by atoms with Crippen molar-refractivity contribution in [2.75, 3.05) is 13.7 Å². The quantitative estimate of drug-likeness (QED) is 0.757. The summed E-state index contributed by atoms with van der Waals surface area (Å²) in [5.74, 6) is -1.78. The van der Waals surface area contributed by atoms with E-state index in [2.05, 4.69) is 10.3 Å².